The predicted molar refractivity (Wildman–Crippen MR) is 112 cm³/mol. The van der Waals surface area contributed by atoms with E-state index >= 15 is 0 Å². The zero-order chi connectivity index (χ0) is 19.5. The van der Waals surface area contributed by atoms with Crippen LogP contribution in [0.2, 0.25) is 0 Å². The first kappa shape index (κ1) is 18.4. The summed E-state index contributed by atoms with van der Waals surface area (Å²) >= 11 is 0. The lowest BCUT2D eigenvalue weighted by Gasteiger charge is -2.27. The first-order valence-electron chi connectivity index (χ1n) is 9.72. The van der Waals surface area contributed by atoms with Gasteiger partial charge in [0.1, 0.15) is 11.5 Å². The van der Waals surface area contributed by atoms with Crippen molar-refractivity contribution >= 4 is 16.7 Å². The van der Waals surface area contributed by atoms with Crippen LogP contribution in [0.1, 0.15) is 40.2 Å². The number of amides is 1. The van der Waals surface area contributed by atoms with Crippen LogP contribution in [0.25, 0.3) is 10.8 Å². The molecule has 0 heterocycles. The van der Waals surface area contributed by atoms with Gasteiger partial charge < -0.3 is 14.8 Å². The van der Waals surface area contributed by atoms with Crippen molar-refractivity contribution in [3.63, 3.8) is 0 Å². The monoisotopic (exact) mass is 375 g/mol. The second-order valence-corrected chi connectivity index (χ2v) is 7.20. The normalized spacial score (nSPS) is 15.3. The molecule has 4 rings (SSSR count). The Morgan fingerprint density at radius 1 is 1.04 bits per heavy atom. The molecule has 1 aliphatic rings. The molecule has 0 aliphatic heterocycles. The SMILES string of the molecule is COc1ccc(C(=O)NCCC2CCc3c(OC)ccc4cccc2c34)cc1. The van der Waals surface area contributed by atoms with Crippen molar-refractivity contribution in [3.05, 3.63) is 71.3 Å². The molecule has 0 aromatic heterocycles. The van der Waals surface area contributed by atoms with E-state index in [0.29, 0.717) is 18.0 Å². The van der Waals surface area contributed by atoms with Crippen LogP contribution in [0.5, 0.6) is 11.5 Å². The molecule has 0 radical (unpaired) electrons. The molecule has 144 valence electrons. The van der Waals surface area contributed by atoms with Gasteiger partial charge in [0, 0.05) is 17.7 Å². The number of aryl methyl sites for hydroxylation is 1. The number of ether oxygens (including phenoxy) is 2. The largest absolute Gasteiger partial charge is 0.497 e. The highest BCUT2D eigenvalue weighted by atomic mass is 16.5. The van der Waals surface area contributed by atoms with Gasteiger partial charge >= 0.3 is 0 Å². The average Bonchev–Trinajstić information content (AvgIpc) is 2.75. The maximum absolute atomic E-state index is 12.4. The summed E-state index contributed by atoms with van der Waals surface area (Å²) < 4.78 is 10.7. The van der Waals surface area contributed by atoms with Crippen molar-refractivity contribution in [3.8, 4) is 11.5 Å². The van der Waals surface area contributed by atoms with E-state index in [1.165, 1.54) is 21.9 Å². The molecule has 3 aromatic rings. The summed E-state index contributed by atoms with van der Waals surface area (Å²) in [5.41, 5.74) is 3.34. The molecule has 1 atom stereocenters. The third kappa shape index (κ3) is 3.42. The molecule has 0 spiro atoms. The molecule has 0 bridgehead atoms. The second kappa shape index (κ2) is 7.93. The van der Waals surface area contributed by atoms with Crippen molar-refractivity contribution in [2.45, 2.75) is 25.2 Å². The van der Waals surface area contributed by atoms with E-state index in [-0.39, 0.29) is 5.91 Å². The van der Waals surface area contributed by atoms with Crippen LogP contribution in [0.4, 0.5) is 0 Å². The highest BCUT2D eigenvalue weighted by Crippen LogP contribution is 2.41. The molecule has 1 N–H and O–H groups in total. The Balaban J connectivity index is 1.46. The fraction of sp³-hybridized carbons (Fsp3) is 0.292. The number of benzene rings is 3. The molecule has 0 saturated carbocycles. The summed E-state index contributed by atoms with van der Waals surface area (Å²) in [4.78, 5) is 12.4. The summed E-state index contributed by atoms with van der Waals surface area (Å²) in [5, 5.41) is 5.65. The van der Waals surface area contributed by atoms with Gasteiger partial charge in [-0.3, -0.25) is 4.79 Å². The summed E-state index contributed by atoms with van der Waals surface area (Å²) in [7, 11) is 3.36. The van der Waals surface area contributed by atoms with Gasteiger partial charge in [-0.1, -0.05) is 24.3 Å². The molecule has 3 aromatic carbocycles. The summed E-state index contributed by atoms with van der Waals surface area (Å²) in [6.45, 7) is 0.658. The van der Waals surface area contributed by atoms with Gasteiger partial charge in [0.15, 0.2) is 0 Å². The molecule has 0 saturated heterocycles. The highest BCUT2D eigenvalue weighted by Gasteiger charge is 2.23. The first-order valence-corrected chi connectivity index (χ1v) is 9.72. The third-order valence-corrected chi connectivity index (χ3v) is 5.68. The van der Waals surface area contributed by atoms with Crippen molar-refractivity contribution in [1.29, 1.82) is 0 Å². The van der Waals surface area contributed by atoms with E-state index in [1.54, 1.807) is 38.5 Å². The molecule has 1 amide bonds. The Morgan fingerprint density at radius 3 is 2.61 bits per heavy atom. The van der Waals surface area contributed by atoms with Gasteiger partial charge in [-0.2, -0.15) is 0 Å². The minimum atomic E-state index is -0.0428. The molecular weight excluding hydrogens is 350 g/mol. The van der Waals surface area contributed by atoms with Crippen LogP contribution in [0.3, 0.4) is 0 Å². The molecular formula is C24H25NO3. The zero-order valence-electron chi connectivity index (χ0n) is 16.3. The van der Waals surface area contributed by atoms with Crippen LogP contribution in [0, 0.1) is 0 Å². The van der Waals surface area contributed by atoms with E-state index in [2.05, 4.69) is 35.6 Å². The van der Waals surface area contributed by atoms with Gasteiger partial charge in [0.25, 0.3) is 5.91 Å². The third-order valence-electron chi connectivity index (χ3n) is 5.68. The Labute approximate surface area is 165 Å². The summed E-state index contributed by atoms with van der Waals surface area (Å²) in [6, 6.07) is 17.9. The lowest BCUT2D eigenvalue weighted by Crippen LogP contribution is -2.26. The molecule has 0 fully saturated rings. The number of hydrogen-bond acceptors (Lipinski definition) is 3. The van der Waals surface area contributed by atoms with Gasteiger partial charge in [0.05, 0.1) is 14.2 Å². The summed E-state index contributed by atoms with van der Waals surface area (Å²) in [5.74, 6) is 2.13. The highest BCUT2D eigenvalue weighted by molar-refractivity contribution is 5.94. The van der Waals surface area contributed by atoms with Gasteiger partial charge in [-0.15, -0.1) is 0 Å². The van der Waals surface area contributed by atoms with Crippen molar-refractivity contribution in [1.82, 2.24) is 5.32 Å². The lowest BCUT2D eigenvalue weighted by molar-refractivity contribution is 0.0952. The maximum Gasteiger partial charge on any atom is 0.251 e. The number of rotatable bonds is 6. The Morgan fingerprint density at radius 2 is 1.86 bits per heavy atom. The number of methoxy groups -OCH3 is 2. The summed E-state index contributed by atoms with van der Waals surface area (Å²) in [6.07, 6.45) is 3.01. The molecule has 4 heteroatoms. The fourth-order valence-electron chi connectivity index (χ4n) is 4.22. The number of hydrogen-bond donors (Lipinski definition) is 1. The fourth-order valence-corrected chi connectivity index (χ4v) is 4.22. The van der Waals surface area contributed by atoms with E-state index in [4.69, 9.17) is 9.47 Å². The van der Waals surface area contributed by atoms with Gasteiger partial charge in [0.2, 0.25) is 0 Å². The average molecular weight is 375 g/mol. The van der Waals surface area contributed by atoms with Crippen LogP contribution in [0.15, 0.2) is 54.6 Å². The van der Waals surface area contributed by atoms with E-state index < -0.39 is 0 Å². The number of carbonyl (C=O) groups is 1. The van der Waals surface area contributed by atoms with Crippen LogP contribution in [-0.2, 0) is 6.42 Å². The maximum atomic E-state index is 12.4. The molecule has 4 nitrogen and oxygen atoms in total. The van der Waals surface area contributed by atoms with Crippen LogP contribution < -0.4 is 14.8 Å². The molecule has 28 heavy (non-hydrogen) atoms. The molecule has 1 unspecified atom stereocenters. The molecule has 1 aliphatic carbocycles. The van der Waals surface area contributed by atoms with Crippen LogP contribution >= 0.6 is 0 Å². The Hall–Kier alpha value is -3.01. The second-order valence-electron chi connectivity index (χ2n) is 7.20. The minimum Gasteiger partial charge on any atom is -0.497 e. The predicted octanol–water partition coefficient (Wildman–Crippen LogP) is 4.71. The standard InChI is InChI=1S/C24H25NO3/c1-27-19-10-6-18(7-11-19)24(26)25-15-14-16-8-12-21-22(28-2)13-9-17-4-3-5-20(16)23(17)21/h3-7,9-11,13,16H,8,12,14-15H2,1-2H3,(H,25,26). The minimum absolute atomic E-state index is 0.0428. The van der Waals surface area contributed by atoms with Crippen molar-refractivity contribution in [2.75, 3.05) is 20.8 Å². The van der Waals surface area contributed by atoms with Gasteiger partial charge in [-0.25, -0.2) is 0 Å². The van der Waals surface area contributed by atoms with E-state index in [1.807, 2.05) is 0 Å². The van der Waals surface area contributed by atoms with Crippen molar-refractivity contribution < 1.29 is 14.3 Å². The quantitative estimate of drug-likeness (QED) is 0.679. The number of carbonyl (C=O) groups excluding carboxylic acids is 1. The lowest BCUT2D eigenvalue weighted by atomic mass is 9.79. The topological polar surface area (TPSA) is 47.6 Å². The smallest absolute Gasteiger partial charge is 0.251 e. The Bertz CT molecular complexity index is 995. The number of nitrogens with one attached hydrogen (secondary N) is 1. The van der Waals surface area contributed by atoms with Crippen molar-refractivity contribution in [2.24, 2.45) is 0 Å². The van der Waals surface area contributed by atoms with Gasteiger partial charge in [-0.05, 0) is 71.8 Å². The van der Waals surface area contributed by atoms with Crippen LogP contribution in [-0.4, -0.2) is 26.7 Å². The van der Waals surface area contributed by atoms with E-state index in [9.17, 15) is 4.79 Å². The first-order chi connectivity index (χ1) is 13.7. The zero-order valence-corrected chi connectivity index (χ0v) is 16.3. The van der Waals surface area contributed by atoms with E-state index in [0.717, 1.165) is 30.8 Å². The Kier molecular flexibility index (Phi) is 5.20.